The van der Waals surface area contributed by atoms with Gasteiger partial charge in [0.2, 0.25) is 5.91 Å². The summed E-state index contributed by atoms with van der Waals surface area (Å²) in [6, 6.07) is 20.1. The Bertz CT molecular complexity index is 1480. The first-order chi connectivity index (χ1) is 17.4. The van der Waals surface area contributed by atoms with Crippen LogP contribution in [0.15, 0.2) is 65.1 Å². The average molecular weight is 481 g/mol. The molecular weight excluding hydrogens is 448 g/mol. The highest BCUT2D eigenvalue weighted by Gasteiger charge is 2.43. The largest absolute Gasteiger partial charge is 0.455 e. The number of amides is 2. The molecule has 0 aliphatic carbocycles. The second-order valence-electron chi connectivity index (χ2n) is 10.7. The topological polar surface area (TPSA) is 53.8 Å². The molecule has 1 aromatic heterocycles. The number of rotatable bonds is 3. The first-order valence-electron chi connectivity index (χ1n) is 13.0. The zero-order valence-electron chi connectivity index (χ0n) is 21.0. The third-order valence-electron chi connectivity index (χ3n) is 8.46. The van der Waals surface area contributed by atoms with E-state index in [1.54, 1.807) is 0 Å². The Labute approximate surface area is 211 Å². The van der Waals surface area contributed by atoms with Gasteiger partial charge in [0.15, 0.2) is 0 Å². The molecule has 2 aliphatic rings. The predicted molar refractivity (Wildman–Crippen MR) is 142 cm³/mol. The number of likely N-dealkylation sites (tertiary alicyclic amines) is 2. The van der Waals surface area contributed by atoms with E-state index < -0.39 is 0 Å². The van der Waals surface area contributed by atoms with Crippen LogP contribution in [-0.2, 0) is 11.2 Å². The number of hydrogen-bond acceptors (Lipinski definition) is 3. The molecule has 2 fully saturated rings. The highest BCUT2D eigenvalue weighted by Crippen LogP contribution is 2.41. The van der Waals surface area contributed by atoms with Crippen LogP contribution in [0.1, 0.15) is 46.3 Å². The fourth-order valence-electron chi connectivity index (χ4n) is 6.03. The molecule has 0 saturated carbocycles. The van der Waals surface area contributed by atoms with Gasteiger partial charge in [-0.2, -0.15) is 0 Å². The zero-order chi connectivity index (χ0) is 24.9. The van der Waals surface area contributed by atoms with E-state index in [1.165, 1.54) is 11.1 Å². The molecule has 5 nitrogen and oxygen atoms in total. The van der Waals surface area contributed by atoms with Crippen LogP contribution in [0.4, 0.5) is 0 Å². The van der Waals surface area contributed by atoms with Crippen molar-refractivity contribution in [2.24, 2.45) is 5.41 Å². The van der Waals surface area contributed by atoms with Crippen molar-refractivity contribution in [1.29, 1.82) is 0 Å². The van der Waals surface area contributed by atoms with Crippen LogP contribution >= 0.6 is 0 Å². The second kappa shape index (κ2) is 8.81. The summed E-state index contributed by atoms with van der Waals surface area (Å²) >= 11 is 0. The monoisotopic (exact) mass is 480 g/mol. The van der Waals surface area contributed by atoms with Crippen molar-refractivity contribution in [2.45, 2.75) is 39.5 Å². The summed E-state index contributed by atoms with van der Waals surface area (Å²) in [5, 5.41) is 2.03. The molecule has 184 valence electrons. The molecule has 4 aromatic rings. The maximum absolute atomic E-state index is 13.6. The molecule has 36 heavy (non-hydrogen) atoms. The Kier molecular flexibility index (Phi) is 5.59. The summed E-state index contributed by atoms with van der Waals surface area (Å²) in [6.45, 7) is 7.23. The van der Waals surface area contributed by atoms with Crippen LogP contribution in [0.2, 0.25) is 0 Å². The minimum atomic E-state index is 0.0461. The number of carbonyl (C=O) groups is 2. The van der Waals surface area contributed by atoms with Gasteiger partial charge in [-0.25, -0.2) is 0 Å². The number of para-hydroxylation sites is 2. The first kappa shape index (κ1) is 22.8. The van der Waals surface area contributed by atoms with Crippen LogP contribution in [0.5, 0.6) is 0 Å². The lowest BCUT2D eigenvalue weighted by molar-refractivity contribution is -0.132. The quantitative estimate of drug-likeness (QED) is 0.367. The Balaban J connectivity index is 1.12. The van der Waals surface area contributed by atoms with Gasteiger partial charge in [-0.3, -0.25) is 9.59 Å². The van der Waals surface area contributed by atoms with E-state index >= 15 is 0 Å². The van der Waals surface area contributed by atoms with Crippen molar-refractivity contribution in [3.63, 3.8) is 0 Å². The lowest BCUT2D eigenvalue weighted by Gasteiger charge is -2.39. The van der Waals surface area contributed by atoms with E-state index in [0.717, 1.165) is 67.4 Å². The molecular formula is C31H32N2O3. The van der Waals surface area contributed by atoms with Crippen LogP contribution in [0.25, 0.3) is 21.9 Å². The highest BCUT2D eigenvalue weighted by atomic mass is 16.3. The van der Waals surface area contributed by atoms with E-state index in [1.807, 2.05) is 52.3 Å². The molecule has 2 saturated heterocycles. The third kappa shape index (κ3) is 3.97. The summed E-state index contributed by atoms with van der Waals surface area (Å²) in [7, 11) is 0. The van der Waals surface area contributed by atoms with E-state index in [9.17, 15) is 9.59 Å². The van der Waals surface area contributed by atoms with Gasteiger partial charge in [0.1, 0.15) is 11.2 Å². The Morgan fingerprint density at radius 3 is 2.33 bits per heavy atom. The minimum Gasteiger partial charge on any atom is -0.455 e. The zero-order valence-corrected chi connectivity index (χ0v) is 21.0. The van der Waals surface area contributed by atoms with Crippen molar-refractivity contribution in [3.05, 3.63) is 82.9 Å². The fraction of sp³-hybridized carbons (Fsp3) is 0.355. The minimum absolute atomic E-state index is 0.0461. The number of furan rings is 1. The Morgan fingerprint density at radius 2 is 1.56 bits per heavy atom. The van der Waals surface area contributed by atoms with Crippen LogP contribution in [-0.4, -0.2) is 47.8 Å². The van der Waals surface area contributed by atoms with Crippen molar-refractivity contribution in [1.82, 2.24) is 9.80 Å². The van der Waals surface area contributed by atoms with Gasteiger partial charge in [0, 0.05) is 37.0 Å². The number of nitrogens with zero attached hydrogens (tertiary/aromatic N) is 2. The number of piperidine rings is 1. The van der Waals surface area contributed by atoms with Crippen molar-refractivity contribution < 1.29 is 14.0 Å². The smallest absolute Gasteiger partial charge is 0.257 e. The van der Waals surface area contributed by atoms with Crippen LogP contribution in [0.3, 0.4) is 0 Å². The van der Waals surface area contributed by atoms with Crippen molar-refractivity contribution in [2.75, 3.05) is 26.2 Å². The third-order valence-corrected chi connectivity index (χ3v) is 8.46. The van der Waals surface area contributed by atoms with Gasteiger partial charge in [0.25, 0.3) is 5.91 Å². The predicted octanol–water partition coefficient (Wildman–Crippen LogP) is 5.90. The standard InChI is InChI=1S/C31H32N2O3/c1-21-10-11-23(18-22(21)2)19-28(34)32-15-12-31(13-16-32)14-17-33(20-31)30(35)26-8-5-7-25-24-6-3-4-9-27(24)36-29(25)26/h3-11,18H,12-17,19-20H2,1-2H3. The number of carbonyl (C=O) groups excluding carboxylic acids is 2. The molecule has 2 aliphatic heterocycles. The SMILES string of the molecule is Cc1ccc(CC(=O)N2CCC3(CC2)CCN(C(=O)c2cccc4c2oc2ccccc24)C3)cc1C. The maximum atomic E-state index is 13.6. The number of hydrogen-bond donors (Lipinski definition) is 0. The van der Waals surface area contributed by atoms with Crippen LogP contribution < -0.4 is 0 Å². The fourth-order valence-corrected chi connectivity index (χ4v) is 6.03. The van der Waals surface area contributed by atoms with Crippen LogP contribution in [0, 0.1) is 19.3 Å². The molecule has 0 bridgehead atoms. The highest BCUT2D eigenvalue weighted by molar-refractivity contribution is 6.13. The average Bonchev–Trinajstić information content (AvgIpc) is 3.48. The number of benzene rings is 3. The molecule has 0 atom stereocenters. The lowest BCUT2D eigenvalue weighted by atomic mass is 9.77. The second-order valence-corrected chi connectivity index (χ2v) is 10.7. The van der Waals surface area contributed by atoms with Crippen molar-refractivity contribution >= 4 is 33.8 Å². The first-order valence-corrected chi connectivity index (χ1v) is 13.0. The van der Waals surface area contributed by atoms with E-state index in [0.29, 0.717) is 17.6 Å². The van der Waals surface area contributed by atoms with Crippen molar-refractivity contribution in [3.8, 4) is 0 Å². The summed E-state index contributed by atoms with van der Waals surface area (Å²) in [5.74, 6) is 0.250. The van der Waals surface area contributed by atoms with Gasteiger partial charge in [-0.1, -0.05) is 48.5 Å². The molecule has 1 spiro atoms. The summed E-state index contributed by atoms with van der Waals surface area (Å²) in [4.78, 5) is 30.6. The molecule has 3 heterocycles. The van der Waals surface area contributed by atoms with E-state index in [4.69, 9.17) is 4.42 Å². The molecule has 6 rings (SSSR count). The van der Waals surface area contributed by atoms with Gasteiger partial charge in [-0.15, -0.1) is 0 Å². The summed E-state index contributed by atoms with van der Waals surface area (Å²) in [6.07, 6.45) is 3.35. The van der Waals surface area contributed by atoms with Gasteiger partial charge < -0.3 is 14.2 Å². The van der Waals surface area contributed by atoms with E-state index in [2.05, 4.69) is 32.0 Å². The molecule has 0 unspecified atom stereocenters. The number of fused-ring (bicyclic) bond motifs is 3. The van der Waals surface area contributed by atoms with E-state index in [-0.39, 0.29) is 17.2 Å². The summed E-state index contributed by atoms with van der Waals surface area (Å²) in [5.41, 5.74) is 5.80. The molecule has 0 N–H and O–H groups in total. The molecule has 5 heteroatoms. The normalized spacial score (nSPS) is 17.4. The lowest BCUT2D eigenvalue weighted by Crippen LogP contribution is -2.45. The Morgan fingerprint density at radius 1 is 0.833 bits per heavy atom. The van der Waals surface area contributed by atoms with Gasteiger partial charge in [0.05, 0.1) is 12.0 Å². The molecule has 0 radical (unpaired) electrons. The Hall–Kier alpha value is -3.60. The van der Waals surface area contributed by atoms with Gasteiger partial charge in [-0.05, 0) is 67.3 Å². The van der Waals surface area contributed by atoms with Gasteiger partial charge >= 0.3 is 0 Å². The molecule has 3 aromatic carbocycles. The summed E-state index contributed by atoms with van der Waals surface area (Å²) < 4.78 is 6.11. The number of aryl methyl sites for hydroxylation is 2. The molecule has 2 amide bonds. The maximum Gasteiger partial charge on any atom is 0.257 e.